The van der Waals surface area contributed by atoms with Gasteiger partial charge in [0, 0.05) is 6.54 Å². The first kappa shape index (κ1) is 14.5. The number of hydrogen-bond acceptors (Lipinski definition) is 3. The zero-order valence-electron chi connectivity index (χ0n) is 11.8. The molecule has 1 rings (SSSR count). The molecule has 0 saturated heterocycles. The highest BCUT2D eigenvalue weighted by Gasteiger charge is 2.15. The number of nitrogens with zero attached hydrogens (tertiary/aromatic N) is 1. The molecule has 0 fully saturated rings. The van der Waals surface area contributed by atoms with Gasteiger partial charge in [0.2, 0.25) is 5.91 Å². The van der Waals surface area contributed by atoms with Gasteiger partial charge in [0.15, 0.2) is 0 Å². The van der Waals surface area contributed by atoms with Crippen LogP contribution >= 0.6 is 0 Å². The Hall–Kier alpha value is -1.55. The van der Waals surface area contributed by atoms with Crippen molar-refractivity contribution >= 4 is 5.91 Å². The molecule has 0 heterocycles. The van der Waals surface area contributed by atoms with E-state index in [4.69, 9.17) is 10.5 Å². The summed E-state index contributed by atoms with van der Waals surface area (Å²) < 4.78 is 5.33. The molecular weight excluding hydrogens is 228 g/mol. The smallest absolute Gasteiger partial charge is 0.234 e. The van der Waals surface area contributed by atoms with Crippen molar-refractivity contribution in [3.05, 3.63) is 28.8 Å². The maximum atomic E-state index is 11.1. The third-order valence-corrected chi connectivity index (χ3v) is 3.23. The van der Waals surface area contributed by atoms with E-state index in [1.165, 1.54) is 0 Å². The summed E-state index contributed by atoms with van der Waals surface area (Å²) in [5.41, 5.74) is 8.66. The van der Waals surface area contributed by atoms with E-state index in [9.17, 15) is 4.79 Å². The molecule has 0 spiro atoms. The molecule has 0 bridgehead atoms. The molecule has 1 unspecified atom stereocenters. The lowest BCUT2D eigenvalue weighted by Crippen LogP contribution is -2.39. The van der Waals surface area contributed by atoms with Gasteiger partial charge in [0.05, 0.1) is 13.2 Å². The molecule has 4 heteroatoms. The lowest BCUT2D eigenvalue weighted by atomic mass is 10.0. The quantitative estimate of drug-likeness (QED) is 0.864. The number of benzene rings is 1. The highest BCUT2D eigenvalue weighted by molar-refractivity contribution is 5.79. The van der Waals surface area contributed by atoms with Crippen LogP contribution in [0.4, 0.5) is 0 Å². The van der Waals surface area contributed by atoms with Gasteiger partial charge in [-0.15, -0.1) is 0 Å². The molecule has 2 N–H and O–H groups in total. The fourth-order valence-corrected chi connectivity index (χ4v) is 2.10. The topological polar surface area (TPSA) is 55.6 Å². The second kappa shape index (κ2) is 5.87. The predicted octanol–water partition coefficient (Wildman–Crippen LogP) is 1.62. The summed E-state index contributed by atoms with van der Waals surface area (Å²) >= 11 is 0. The van der Waals surface area contributed by atoms with E-state index in [2.05, 4.69) is 12.1 Å². The Labute approximate surface area is 109 Å². The molecule has 0 aliphatic heterocycles. The molecule has 1 atom stereocenters. The number of carbonyl (C=O) groups excluding carboxylic acids is 1. The van der Waals surface area contributed by atoms with Crippen LogP contribution in [0, 0.1) is 13.8 Å². The SMILES string of the molecule is COc1c(C)cc(CN(C)C(C)C(N)=O)cc1C. The van der Waals surface area contributed by atoms with Gasteiger partial charge < -0.3 is 10.5 Å². The number of nitrogens with two attached hydrogens (primary N) is 1. The first-order valence-electron chi connectivity index (χ1n) is 6.00. The Morgan fingerprint density at radius 3 is 2.28 bits per heavy atom. The van der Waals surface area contributed by atoms with Gasteiger partial charge in [-0.1, -0.05) is 12.1 Å². The summed E-state index contributed by atoms with van der Waals surface area (Å²) in [7, 11) is 3.57. The van der Waals surface area contributed by atoms with E-state index in [0.717, 1.165) is 22.4 Å². The van der Waals surface area contributed by atoms with Crippen molar-refractivity contribution in [2.24, 2.45) is 5.73 Å². The molecule has 0 aliphatic rings. The van der Waals surface area contributed by atoms with E-state index >= 15 is 0 Å². The van der Waals surface area contributed by atoms with E-state index in [1.807, 2.05) is 32.7 Å². The Morgan fingerprint density at radius 2 is 1.89 bits per heavy atom. The molecule has 0 aliphatic carbocycles. The van der Waals surface area contributed by atoms with Gasteiger partial charge in [-0.2, -0.15) is 0 Å². The third-order valence-electron chi connectivity index (χ3n) is 3.23. The van der Waals surface area contributed by atoms with Crippen LogP contribution in [0.25, 0.3) is 0 Å². The van der Waals surface area contributed by atoms with Crippen molar-refractivity contribution in [1.29, 1.82) is 0 Å². The number of rotatable bonds is 5. The summed E-state index contributed by atoms with van der Waals surface area (Å²) in [4.78, 5) is 13.1. The van der Waals surface area contributed by atoms with Crippen molar-refractivity contribution in [1.82, 2.24) is 4.90 Å². The van der Waals surface area contributed by atoms with Gasteiger partial charge in [-0.3, -0.25) is 9.69 Å². The standard InChI is InChI=1S/C14H22N2O2/c1-9-6-12(7-10(2)13(9)18-5)8-16(4)11(3)14(15)17/h6-7,11H,8H2,1-5H3,(H2,15,17). The van der Waals surface area contributed by atoms with Crippen LogP contribution < -0.4 is 10.5 Å². The van der Waals surface area contributed by atoms with E-state index < -0.39 is 0 Å². The lowest BCUT2D eigenvalue weighted by molar-refractivity contribution is -0.122. The van der Waals surface area contributed by atoms with E-state index in [0.29, 0.717) is 6.54 Å². The van der Waals surface area contributed by atoms with Gasteiger partial charge in [0.25, 0.3) is 0 Å². The van der Waals surface area contributed by atoms with Gasteiger partial charge in [-0.25, -0.2) is 0 Å². The first-order chi connectivity index (χ1) is 8.36. The Balaban J connectivity index is 2.89. The lowest BCUT2D eigenvalue weighted by Gasteiger charge is -2.22. The molecule has 18 heavy (non-hydrogen) atoms. The van der Waals surface area contributed by atoms with Crippen LogP contribution in [0.5, 0.6) is 5.75 Å². The number of primary amides is 1. The predicted molar refractivity (Wildman–Crippen MR) is 72.6 cm³/mol. The number of ether oxygens (including phenoxy) is 1. The molecule has 1 amide bonds. The zero-order valence-corrected chi connectivity index (χ0v) is 11.8. The highest BCUT2D eigenvalue weighted by Crippen LogP contribution is 2.24. The Kier molecular flexibility index (Phi) is 4.73. The molecule has 100 valence electrons. The van der Waals surface area contributed by atoms with Gasteiger partial charge in [0.1, 0.15) is 5.75 Å². The molecule has 1 aromatic carbocycles. The number of amides is 1. The largest absolute Gasteiger partial charge is 0.496 e. The second-order valence-electron chi connectivity index (χ2n) is 4.76. The maximum absolute atomic E-state index is 11.1. The van der Waals surface area contributed by atoms with Crippen LogP contribution in [0.2, 0.25) is 0 Å². The van der Waals surface area contributed by atoms with E-state index in [1.54, 1.807) is 7.11 Å². The Morgan fingerprint density at radius 1 is 1.39 bits per heavy atom. The monoisotopic (exact) mass is 250 g/mol. The number of methoxy groups -OCH3 is 1. The van der Waals surface area contributed by atoms with Crippen molar-refractivity contribution in [2.75, 3.05) is 14.2 Å². The second-order valence-corrected chi connectivity index (χ2v) is 4.76. The summed E-state index contributed by atoms with van der Waals surface area (Å²) in [6, 6.07) is 3.89. The van der Waals surface area contributed by atoms with E-state index in [-0.39, 0.29) is 11.9 Å². The molecule has 4 nitrogen and oxygen atoms in total. The minimum Gasteiger partial charge on any atom is -0.496 e. The first-order valence-corrected chi connectivity index (χ1v) is 6.00. The van der Waals surface area contributed by atoms with Crippen LogP contribution in [0.15, 0.2) is 12.1 Å². The normalized spacial score (nSPS) is 12.6. The zero-order chi connectivity index (χ0) is 13.9. The number of aryl methyl sites for hydroxylation is 2. The Bertz CT molecular complexity index is 420. The summed E-state index contributed by atoms with van der Waals surface area (Å²) in [5.74, 6) is 0.615. The van der Waals surface area contributed by atoms with Crippen molar-refractivity contribution in [3.8, 4) is 5.75 Å². The van der Waals surface area contributed by atoms with Crippen molar-refractivity contribution in [2.45, 2.75) is 33.4 Å². The minimum absolute atomic E-state index is 0.271. The highest BCUT2D eigenvalue weighted by atomic mass is 16.5. The molecule has 0 aromatic heterocycles. The fraction of sp³-hybridized carbons (Fsp3) is 0.500. The molecule has 0 saturated carbocycles. The summed E-state index contributed by atoms with van der Waals surface area (Å²) in [5, 5.41) is 0. The van der Waals surface area contributed by atoms with Crippen LogP contribution in [0.3, 0.4) is 0 Å². The van der Waals surface area contributed by atoms with Crippen LogP contribution in [0.1, 0.15) is 23.6 Å². The van der Waals surface area contributed by atoms with Crippen molar-refractivity contribution < 1.29 is 9.53 Å². The molecule has 0 radical (unpaired) electrons. The fourth-order valence-electron chi connectivity index (χ4n) is 2.10. The molecular formula is C14H22N2O2. The van der Waals surface area contributed by atoms with Gasteiger partial charge >= 0.3 is 0 Å². The van der Waals surface area contributed by atoms with Crippen molar-refractivity contribution in [3.63, 3.8) is 0 Å². The number of likely N-dealkylation sites (N-methyl/N-ethyl adjacent to an activating group) is 1. The average Bonchev–Trinajstić information content (AvgIpc) is 2.27. The van der Waals surface area contributed by atoms with Crippen LogP contribution in [-0.2, 0) is 11.3 Å². The van der Waals surface area contributed by atoms with Gasteiger partial charge in [-0.05, 0) is 44.5 Å². The van der Waals surface area contributed by atoms with Crippen LogP contribution in [-0.4, -0.2) is 31.0 Å². The number of carbonyl (C=O) groups is 1. The number of hydrogen-bond donors (Lipinski definition) is 1. The third kappa shape index (κ3) is 3.23. The average molecular weight is 250 g/mol. The molecule has 1 aromatic rings. The summed E-state index contributed by atoms with van der Waals surface area (Å²) in [6.07, 6.45) is 0. The maximum Gasteiger partial charge on any atom is 0.234 e. The summed E-state index contributed by atoms with van der Waals surface area (Å²) in [6.45, 7) is 6.54. The minimum atomic E-state index is -0.306.